The van der Waals surface area contributed by atoms with Gasteiger partial charge in [0, 0.05) is 6.04 Å². The molecule has 0 bridgehead atoms. The van der Waals surface area contributed by atoms with Crippen molar-refractivity contribution in [1.29, 1.82) is 0 Å². The van der Waals surface area contributed by atoms with Crippen LogP contribution in [0.25, 0.3) is 0 Å². The van der Waals surface area contributed by atoms with Crippen LogP contribution in [0.15, 0.2) is 18.2 Å². The van der Waals surface area contributed by atoms with Gasteiger partial charge in [0.15, 0.2) is 0 Å². The Bertz CT molecular complexity index is 378. The van der Waals surface area contributed by atoms with Gasteiger partial charge in [0.1, 0.15) is 12.4 Å². The van der Waals surface area contributed by atoms with E-state index in [1.165, 1.54) is 11.1 Å². The summed E-state index contributed by atoms with van der Waals surface area (Å²) in [5.74, 6) is 3.29. The molecule has 0 spiro atoms. The van der Waals surface area contributed by atoms with Gasteiger partial charge in [-0.2, -0.15) is 0 Å². The summed E-state index contributed by atoms with van der Waals surface area (Å²) in [6, 6.07) is 6.21. The number of hydrogen-bond donors (Lipinski definition) is 1. The van der Waals surface area contributed by atoms with E-state index in [9.17, 15) is 0 Å². The average molecular weight is 187 g/mol. The summed E-state index contributed by atoms with van der Waals surface area (Å²) in [5.41, 5.74) is 8.47. The highest BCUT2D eigenvalue weighted by Crippen LogP contribution is 2.31. The summed E-state index contributed by atoms with van der Waals surface area (Å²) in [6.07, 6.45) is 7.20. The minimum atomic E-state index is 0.201. The van der Waals surface area contributed by atoms with Gasteiger partial charge in [0.05, 0.1) is 0 Å². The van der Waals surface area contributed by atoms with Crippen molar-refractivity contribution in [1.82, 2.24) is 0 Å². The lowest BCUT2D eigenvalue weighted by molar-refractivity contribution is 0.370. The van der Waals surface area contributed by atoms with E-state index in [0.29, 0.717) is 6.61 Å². The Hall–Kier alpha value is -1.46. The molecule has 72 valence electrons. The second-order valence-corrected chi connectivity index (χ2v) is 3.50. The highest BCUT2D eigenvalue weighted by molar-refractivity contribution is 5.40. The molecule has 0 fully saturated rings. The van der Waals surface area contributed by atoms with E-state index in [0.717, 1.165) is 18.6 Å². The van der Waals surface area contributed by atoms with E-state index >= 15 is 0 Å². The van der Waals surface area contributed by atoms with Gasteiger partial charge in [-0.3, -0.25) is 0 Å². The standard InChI is InChI=1S/C12H13NO/c1-2-7-14-10-4-5-11-9(8-10)3-6-12(11)13/h1,4-5,8,12H,3,6-7,13H2/t12-/m0/s1. The molecule has 0 saturated carbocycles. The summed E-state index contributed by atoms with van der Waals surface area (Å²) < 4.78 is 5.34. The monoisotopic (exact) mass is 187 g/mol. The van der Waals surface area contributed by atoms with Gasteiger partial charge in [-0.15, -0.1) is 6.42 Å². The largest absolute Gasteiger partial charge is 0.481 e. The zero-order valence-corrected chi connectivity index (χ0v) is 7.99. The number of hydrogen-bond acceptors (Lipinski definition) is 2. The molecule has 0 aliphatic heterocycles. The van der Waals surface area contributed by atoms with Crippen LogP contribution in [0, 0.1) is 12.3 Å². The van der Waals surface area contributed by atoms with Crippen molar-refractivity contribution in [2.45, 2.75) is 18.9 Å². The molecule has 0 saturated heterocycles. The molecule has 0 heterocycles. The predicted octanol–water partition coefficient (Wildman–Crippen LogP) is 1.64. The number of terminal acetylenes is 1. The highest BCUT2D eigenvalue weighted by Gasteiger charge is 2.18. The molecule has 2 heteroatoms. The Labute approximate surface area is 84.1 Å². The second kappa shape index (κ2) is 3.73. The second-order valence-electron chi connectivity index (χ2n) is 3.50. The molecule has 0 radical (unpaired) electrons. The quantitative estimate of drug-likeness (QED) is 0.714. The van der Waals surface area contributed by atoms with E-state index < -0.39 is 0 Å². The number of benzene rings is 1. The Morgan fingerprint density at radius 1 is 1.57 bits per heavy atom. The van der Waals surface area contributed by atoms with E-state index in [-0.39, 0.29) is 6.04 Å². The number of rotatable bonds is 2. The predicted molar refractivity (Wildman–Crippen MR) is 56.0 cm³/mol. The lowest BCUT2D eigenvalue weighted by Gasteiger charge is -2.07. The van der Waals surface area contributed by atoms with Gasteiger partial charge >= 0.3 is 0 Å². The lowest BCUT2D eigenvalue weighted by atomic mass is 10.1. The molecule has 1 atom stereocenters. The van der Waals surface area contributed by atoms with Crippen molar-refractivity contribution >= 4 is 0 Å². The molecule has 0 unspecified atom stereocenters. The van der Waals surface area contributed by atoms with Gasteiger partial charge in [-0.25, -0.2) is 0 Å². The van der Waals surface area contributed by atoms with Crippen LogP contribution < -0.4 is 10.5 Å². The van der Waals surface area contributed by atoms with Crippen LogP contribution in [0.5, 0.6) is 5.75 Å². The van der Waals surface area contributed by atoms with Gasteiger partial charge in [0.25, 0.3) is 0 Å². The molecule has 14 heavy (non-hydrogen) atoms. The topological polar surface area (TPSA) is 35.2 Å². The van der Waals surface area contributed by atoms with Crippen LogP contribution in [0.3, 0.4) is 0 Å². The van der Waals surface area contributed by atoms with Crippen molar-refractivity contribution in [2.75, 3.05) is 6.61 Å². The van der Waals surface area contributed by atoms with Crippen molar-refractivity contribution < 1.29 is 4.74 Å². The Morgan fingerprint density at radius 3 is 3.21 bits per heavy atom. The molecule has 1 aromatic carbocycles. The van der Waals surface area contributed by atoms with Crippen LogP contribution in [0.1, 0.15) is 23.6 Å². The van der Waals surface area contributed by atoms with Gasteiger partial charge < -0.3 is 10.5 Å². The third-order valence-corrected chi connectivity index (χ3v) is 2.56. The molecular formula is C12H13NO. The molecule has 1 aliphatic carbocycles. The van der Waals surface area contributed by atoms with Crippen LogP contribution in [-0.4, -0.2) is 6.61 Å². The zero-order chi connectivity index (χ0) is 9.97. The van der Waals surface area contributed by atoms with Crippen LogP contribution in [0.4, 0.5) is 0 Å². The SMILES string of the molecule is C#CCOc1ccc2c(c1)CC[C@@H]2N. The molecule has 2 rings (SSSR count). The van der Waals surface area contributed by atoms with E-state index in [2.05, 4.69) is 5.92 Å². The molecule has 0 aromatic heterocycles. The van der Waals surface area contributed by atoms with Gasteiger partial charge in [-0.1, -0.05) is 12.0 Å². The highest BCUT2D eigenvalue weighted by atomic mass is 16.5. The number of ether oxygens (including phenoxy) is 1. The summed E-state index contributed by atoms with van der Waals surface area (Å²) in [4.78, 5) is 0. The van der Waals surface area contributed by atoms with Crippen molar-refractivity contribution in [3.63, 3.8) is 0 Å². The van der Waals surface area contributed by atoms with Crippen molar-refractivity contribution in [3.05, 3.63) is 29.3 Å². The first-order valence-corrected chi connectivity index (χ1v) is 4.76. The Morgan fingerprint density at radius 2 is 2.43 bits per heavy atom. The summed E-state index contributed by atoms with van der Waals surface area (Å²) in [6.45, 7) is 0.324. The maximum Gasteiger partial charge on any atom is 0.148 e. The fourth-order valence-corrected chi connectivity index (χ4v) is 1.84. The first-order valence-electron chi connectivity index (χ1n) is 4.76. The molecular weight excluding hydrogens is 174 g/mol. The molecule has 1 aromatic rings. The zero-order valence-electron chi connectivity index (χ0n) is 7.99. The van der Waals surface area contributed by atoms with Gasteiger partial charge in [0.2, 0.25) is 0 Å². The third kappa shape index (κ3) is 1.59. The molecule has 2 nitrogen and oxygen atoms in total. The minimum absolute atomic E-state index is 0.201. The number of aryl methyl sites for hydroxylation is 1. The fraction of sp³-hybridized carbons (Fsp3) is 0.333. The smallest absolute Gasteiger partial charge is 0.148 e. The van der Waals surface area contributed by atoms with Crippen LogP contribution >= 0.6 is 0 Å². The summed E-state index contributed by atoms with van der Waals surface area (Å²) >= 11 is 0. The van der Waals surface area contributed by atoms with Crippen LogP contribution in [-0.2, 0) is 6.42 Å². The third-order valence-electron chi connectivity index (χ3n) is 2.56. The average Bonchev–Trinajstić information content (AvgIpc) is 2.57. The van der Waals surface area contributed by atoms with E-state index in [4.69, 9.17) is 16.9 Å². The van der Waals surface area contributed by atoms with Crippen molar-refractivity contribution in [2.24, 2.45) is 5.73 Å². The minimum Gasteiger partial charge on any atom is -0.481 e. The molecule has 2 N–H and O–H groups in total. The molecule has 0 amide bonds. The summed E-state index contributed by atoms with van der Waals surface area (Å²) in [7, 11) is 0. The Kier molecular flexibility index (Phi) is 2.43. The molecule has 1 aliphatic rings. The normalized spacial score (nSPS) is 18.7. The Balaban J connectivity index is 2.20. The first kappa shape index (κ1) is 9.11. The fourth-order valence-electron chi connectivity index (χ4n) is 1.84. The van der Waals surface area contributed by atoms with Gasteiger partial charge in [-0.05, 0) is 36.1 Å². The van der Waals surface area contributed by atoms with E-state index in [1.54, 1.807) is 0 Å². The van der Waals surface area contributed by atoms with Crippen LogP contribution in [0.2, 0.25) is 0 Å². The first-order chi connectivity index (χ1) is 6.81. The van der Waals surface area contributed by atoms with E-state index in [1.807, 2.05) is 18.2 Å². The maximum atomic E-state index is 5.92. The number of nitrogens with two attached hydrogens (primary N) is 1. The number of fused-ring (bicyclic) bond motifs is 1. The van der Waals surface area contributed by atoms with Crippen molar-refractivity contribution in [3.8, 4) is 18.1 Å². The lowest BCUT2D eigenvalue weighted by Crippen LogP contribution is -2.05. The summed E-state index contributed by atoms with van der Waals surface area (Å²) in [5, 5.41) is 0. The maximum absolute atomic E-state index is 5.92.